The summed E-state index contributed by atoms with van der Waals surface area (Å²) in [5.74, 6) is -3.46. The predicted molar refractivity (Wildman–Crippen MR) is 92.1 cm³/mol. The second-order valence-electron chi connectivity index (χ2n) is 6.88. The molecular weight excluding hydrogens is 349 g/mol. The van der Waals surface area contributed by atoms with Gasteiger partial charge in [0.2, 0.25) is 0 Å². The Kier molecular flexibility index (Phi) is 6.41. The number of rotatable bonds is 5. The molecule has 1 N–H and O–H groups in total. The smallest absolute Gasteiger partial charge is 0.417 e. The SMILES string of the molecule is CN(C)C[C@H]1CCCC[C@]1(Cc1cc(Cl)ccc1F)OC(=O)C(=O)O. The number of hydrogen-bond acceptors (Lipinski definition) is 4. The predicted octanol–water partition coefficient (Wildman–Crippen LogP) is 3.14. The van der Waals surface area contributed by atoms with Crippen LogP contribution in [0, 0.1) is 11.7 Å². The lowest BCUT2D eigenvalue weighted by molar-refractivity contribution is -0.183. The molecule has 138 valence electrons. The lowest BCUT2D eigenvalue weighted by Gasteiger charge is -2.44. The molecule has 1 saturated carbocycles. The van der Waals surface area contributed by atoms with Crippen LogP contribution in [-0.2, 0) is 20.7 Å². The maximum absolute atomic E-state index is 14.3. The molecule has 0 aliphatic heterocycles. The van der Waals surface area contributed by atoms with Crippen molar-refractivity contribution in [3.63, 3.8) is 0 Å². The Balaban J connectivity index is 2.40. The fourth-order valence-electron chi connectivity index (χ4n) is 3.61. The lowest BCUT2D eigenvalue weighted by atomic mass is 9.71. The molecule has 2 atom stereocenters. The minimum absolute atomic E-state index is 0.0852. The van der Waals surface area contributed by atoms with Crippen molar-refractivity contribution >= 4 is 23.5 Å². The van der Waals surface area contributed by atoms with E-state index in [0.717, 1.165) is 19.3 Å². The molecule has 0 saturated heterocycles. The standard InChI is InChI=1S/C18H23ClFNO4/c1-21(2)11-13-5-3-4-8-18(13,25-17(24)16(22)23)10-12-9-14(19)6-7-15(12)20/h6-7,9,13H,3-5,8,10-11H2,1-2H3,(H,22,23)/t13-,18-/m1/s1. The molecular formula is C18H23ClFNO4. The molecule has 2 rings (SSSR count). The van der Waals surface area contributed by atoms with Gasteiger partial charge < -0.3 is 14.7 Å². The van der Waals surface area contributed by atoms with E-state index in [0.29, 0.717) is 23.6 Å². The summed E-state index contributed by atoms with van der Waals surface area (Å²) in [6, 6.07) is 4.23. The second-order valence-corrected chi connectivity index (χ2v) is 7.31. The van der Waals surface area contributed by atoms with E-state index in [9.17, 15) is 14.0 Å². The summed E-state index contributed by atoms with van der Waals surface area (Å²) in [6.45, 7) is 0.620. The molecule has 0 amide bonds. The number of hydrogen-bond donors (Lipinski definition) is 1. The van der Waals surface area contributed by atoms with Gasteiger partial charge in [0.25, 0.3) is 0 Å². The third-order valence-electron chi connectivity index (χ3n) is 4.70. The largest absolute Gasteiger partial charge is 0.473 e. The molecule has 0 unspecified atom stereocenters. The number of esters is 1. The Hall–Kier alpha value is -1.66. The number of nitrogens with zero attached hydrogens (tertiary/aromatic N) is 1. The molecule has 25 heavy (non-hydrogen) atoms. The molecule has 0 bridgehead atoms. The first kappa shape index (κ1) is 19.7. The average molecular weight is 372 g/mol. The summed E-state index contributed by atoms with van der Waals surface area (Å²) in [6.07, 6.45) is 3.14. The second kappa shape index (κ2) is 8.15. The van der Waals surface area contributed by atoms with Crippen LogP contribution in [0.25, 0.3) is 0 Å². The molecule has 1 aliphatic rings. The zero-order valence-corrected chi connectivity index (χ0v) is 15.2. The van der Waals surface area contributed by atoms with Crippen LogP contribution in [0.3, 0.4) is 0 Å². The minimum atomic E-state index is -1.64. The number of carbonyl (C=O) groups is 2. The third kappa shape index (κ3) is 4.92. The summed E-state index contributed by atoms with van der Waals surface area (Å²) >= 11 is 5.98. The number of halogens is 2. The molecule has 0 aromatic heterocycles. The van der Waals surface area contributed by atoms with Gasteiger partial charge in [-0.3, -0.25) is 0 Å². The highest BCUT2D eigenvalue weighted by atomic mass is 35.5. The quantitative estimate of drug-likeness (QED) is 0.636. The lowest BCUT2D eigenvalue weighted by Crippen LogP contribution is -2.51. The van der Waals surface area contributed by atoms with E-state index in [1.165, 1.54) is 18.2 Å². The molecule has 1 fully saturated rings. The maximum atomic E-state index is 14.3. The van der Waals surface area contributed by atoms with E-state index < -0.39 is 23.4 Å². The molecule has 1 aromatic rings. The third-order valence-corrected chi connectivity index (χ3v) is 4.94. The van der Waals surface area contributed by atoms with Crippen molar-refractivity contribution < 1.29 is 23.8 Å². The van der Waals surface area contributed by atoms with E-state index in [2.05, 4.69) is 0 Å². The summed E-state index contributed by atoms with van der Waals surface area (Å²) in [5, 5.41) is 9.37. The summed E-state index contributed by atoms with van der Waals surface area (Å²) in [7, 11) is 3.80. The topological polar surface area (TPSA) is 66.8 Å². The first-order chi connectivity index (χ1) is 11.7. The fraction of sp³-hybridized carbons (Fsp3) is 0.556. The van der Waals surface area contributed by atoms with Gasteiger partial charge >= 0.3 is 11.9 Å². The Morgan fingerprint density at radius 3 is 2.76 bits per heavy atom. The molecule has 0 radical (unpaired) electrons. The number of carboxylic acid groups (broad SMARTS) is 1. The molecule has 0 spiro atoms. The number of carbonyl (C=O) groups excluding carboxylic acids is 1. The van der Waals surface area contributed by atoms with Crippen molar-refractivity contribution in [2.24, 2.45) is 5.92 Å². The van der Waals surface area contributed by atoms with Crippen LogP contribution in [0.1, 0.15) is 31.2 Å². The molecule has 1 aromatic carbocycles. The van der Waals surface area contributed by atoms with Crippen LogP contribution in [0.5, 0.6) is 0 Å². The van der Waals surface area contributed by atoms with Gasteiger partial charge in [-0.05, 0) is 57.1 Å². The van der Waals surface area contributed by atoms with Crippen LogP contribution in [0.4, 0.5) is 4.39 Å². The zero-order valence-electron chi connectivity index (χ0n) is 14.4. The highest BCUT2D eigenvalue weighted by molar-refractivity contribution is 6.30. The van der Waals surface area contributed by atoms with Gasteiger partial charge in [-0.25, -0.2) is 14.0 Å². The van der Waals surface area contributed by atoms with Crippen molar-refractivity contribution in [1.29, 1.82) is 0 Å². The van der Waals surface area contributed by atoms with Crippen molar-refractivity contribution in [1.82, 2.24) is 4.90 Å². The monoisotopic (exact) mass is 371 g/mol. The first-order valence-electron chi connectivity index (χ1n) is 8.28. The van der Waals surface area contributed by atoms with Gasteiger partial charge in [-0.2, -0.15) is 0 Å². The van der Waals surface area contributed by atoms with Crippen LogP contribution in [0.2, 0.25) is 5.02 Å². The van der Waals surface area contributed by atoms with E-state index in [1.54, 1.807) is 0 Å². The normalized spacial score (nSPS) is 23.5. The number of aliphatic carboxylic acids is 1. The van der Waals surface area contributed by atoms with Crippen LogP contribution < -0.4 is 0 Å². The summed E-state index contributed by atoms with van der Waals surface area (Å²) in [5.41, 5.74) is -0.722. The molecule has 5 nitrogen and oxygen atoms in total. The zero-order chi connectivity index (χ0) is 18.6. The van der Waals surface area contributed by atoms with Gasteiger partial charge in [-0.15, -0.1) is 0 Å². The van der Waals surface area contributed by atoms with E-state index in [4.69, 9.17) is 21.4 Å². The number of carboxylic acids is 1. The van der Waals surface area contributed by atoms with Crippen molar-refractivity contribution in [3.8, 4) is 0 Å². The van der Waals surface area contributed by atoms with E-state index in [-0.39, 0.29) is 12.3 Å². The van der Waals surface area contributed by atoms with Gasteiger partial charge in [0.15, 0.2) is 0 Å². The molecule has 1 aliphatic carbocycles. The van der Waals surface area contributed by atoms with E-state index in [1.807, 2.05) is 19.0 Å². The summed E-state index contributed by atoms with van der Waals surface area (Å²) < 4.78 is 19.7. The molecule has 7 heteroatoms. The van der Waals surface area contributed by atoms with Crippen molar-refractivity contribution in [2.45, 2.75) is 37.7 Å². The summed E-state index contributed by atoms with van der Waals surface area (Å²) in [4.78, 5) is 24.8. The van der Waals surface area contributed by atoms with Crippen LogP contribution in [-0.4, -0.2) is 48.2 Å². The fourth-order valence-corrected chi connectivity index (χ4v) is 3.81. The highest BCUT2D eigenvalue weighted by Crippen LogP contribution is 2.40. The first-order valence-corrected chi connectivity index (χ1v) is 8.66. The number of benzene rings is 1. The Morgan fingerprint density at radius 1 is 1.40 bits per heavy atom. The van der Waals surface area contributed by atoms with Crippen molar-refractivity contribution in [2.75, 3.05) is 20.6 Å². The Bertz CT molecular complexity index is 652. The Labute approximate surface area is 151 Å². The van der Waals surface area contributed by atoms with Gasteiger partial charge in [0.05, 0.1) is 0 Å². The van der Waals surface area contributed by atoms with Crippen LogP contribution >= 0.6 is 11.6 Å². The van der Waals surface area contributed by atoms with Crippen LogP contribution in [0.15, 0.2) is 18.2 Å². The van der Waals surface area contributed by atoms with Crippen molar-refractivity contribution in [3.05, 3.63) is 34.6 Å². The molecule has 0 heterocycles. The van der Waals surface area contributed by atoms with Gasteiger partial charge in [-0.1, -0.05) is 18.0 Å². The average Bonchev–Trinajstić information content (AvgIpc) is 2.52. The van der Waals surface area contributed by atoms with Gasteiger partial charge in [0.1, 0.15) is 11.4 Å². The minimum Gasteiger partial charge on any atom is -0.473 e. The maximum Gasteiger partial charge on any atom is 0.417 e. The Morgan fingerprint density at radius 2 is 2.12 bits per heavy atom. The highest BCUT2D eigenvalue weighted by Gasteiger charge is 2.45. The number of ether oxygens (including phenoxy) is 1. The van der Waals surface area contributed by atoms with E-state index >= 15 is 0 Å². The van der Waals surface area contributed by atoms with Gasteiger partial charge in [0, 0.05) is 23.9 Å².